The lowest BCUT2D eigenvalue weighted by molar-refractivity contribution is -0.140. The van der Waals surface area contributed by atoms with Gasteiger partial charge < -0.3 is 9.47 Å². The minimum atomic E-state index is -0.191. The molecule has 0 aliphatic heterocycles. The second-order valence-electron chi connectivity index (χ2n) is 3.26. The van der Waals surface area contributed by atoms with Crippen molar-refractivity contribution in [1.82, 2.24) is 4.98 Å². The Kier molecular flexibility index (Phi) is 6.03. The predicted molar refractivity (Wildman–Crippen MR) is 62.6 cm³/mol. The monoisotopic (exact) mass is 243 g/mol. The maximum atomic E-state index is 10.9. The fourth-order valence-corrected chi connectivity index (χ4v) is 2.03. The summed E-state index contributed by atoms with van der Waals surface area (Å²) in [6.07, 6.45) is 1.89. The molecule has 0 bridgehead atoms. The van der Waals surface area contributed by atoms with Crippen LogP contribution in [0.4, 0.5) is 0 Å². The molecule has 1 aromatic rings. The molecule has 1 aromatic heterocycles. The summed E-state index contributed by atoms with van der Waals surface area (Å²) >= 11 is 1.62. The predicted octanol–water partition coefficient (Wildman–Crippen LogP) is 1.83. The molecule has 0 amide bonds. The zero-order valence-electron chi connectivity index (χ0n) is 9.69. The molecule has 5 heteroatoms. The number of hydrogen-bond acceptors (Lipinski definition) is 5. The van der Waals surface area contributed by atoms with Gasteiger partial charge in [-0.2, -0.15) is 0 Å². The molecule has 0 spiro atoms. The topological polar surface area (TPSA) is 48.4 Å². The number of carbonyl (C=O) groups excluding carboxylic acids is 1. The van der Waals surface area contributed by atoms with Crippen LogP contribution in [0.1, 0.15) is 24.0 Å². The number of esters is 1. The maximum Gasteiger partial charge on any atom is 0.305 e. The first-order valence-electron chi connectivity index (χ1n) is 5.34. The number of aromatic nitrogens is 1. The van der Waals surface area contributed by atoms with E-state index >= 15 is 0 Å². The first-order chi connectivity index (χ1) is 7.76. The van der Waals surface area contributed by atoms with Crippen LogP contribution in [0.3, 0.4) is 0 Å². The van der Waals surface area contributed by atoms with E-state index in [1.807, 2.05) is 12.3 Å². The van der Waals surface area contributed by atoms with Gasteiger partial charge in [0, 0.05) is 24.8 Å². The van der Waals surface area contributed by atoms with Gasteiger partial charge in [0.25, 0.3) is 0 Å². The number of aryl methyl sites for hydroxylation is 1. The Morgan fingerprint density at radius 2 is 2.31 bits per heavy atom. The average Bonchev–Trinajstić information content (AvgIpc) is 2.74. The summed E-state index contributed by atoms with van der Waals surface area (Å²) in [5, 5.41) is 3.05. The average molecular weight is 243 g/mol. The Balaban J connectivity index is 2.30. The van der Waals surface area contributed by atoms with Crippen LogP contribution in [-0.2, 0) is 27.1 Å². The Morgan fingerprint density at radius 3 is 3.00 bits per heavy atom. The summed E-state index contributed by atoms with van der Waals surface area (Å²) < 4.78 is 9.83. The highest BCUT2D eigenvalue weighted by molar-refractivity contribution is 7.09. The van der Waals surface area contributed by atoms with Gasteiger partial charge in [0.05, 0.1) is 30.8 Å². The third kappa shape index (κ3) is 4.72. The van der Waals surface area contributed by atoms with E-state index in [2.05, 4.69) is 9.72 Å². The number of thiazole rings is 1. The molecular formula is C11H17NO3S. The quantitative estimate of drug-likeness (QED) is 0.541. The van der Waals surface area contributed by atoms with Gasteiger partial charge in [-0.25, -0.2) is 4.98 Å². The Bertz CT molecular complexity index is 325. The molecule has 0 fully saturated rings. The highest BCUT2D eigenvalue weighted by Gasteiger charge is 2.05. The molecule has 90 valence electrons. The lowest BCUT2D eigenvalue weighted by Gasteiger charge is -1.97. The van der Waals surface area contributed by atoms with E-state index in [9.17, 15) is 4.79 Å². The molecule has 1 rings (SSSR count). The van der Waals surface area contributed by atoms with Crippen LogP contribution in [0.5, 0.6) is 0 Å². The molecule has 0 N–H and O–H groups in total. The van der Waals surface area contributed by atoms with Gasteiger partial charge in [0.15, 0.2) is 0 Å². The smallest absolute Gasteiger partial charge is 0.305 e. The van der Waals surface area contributed by atoms with Crippen molar-refractivity contribution in [3.05, 3.63) is 16.1 Å². The van der Waals surface area contributed by atoms with E-state index in [4.69, 9.17) is 4.74 Å². The van der Waals surface area contributed by atoms with E-state index in [1.54, 1.807) is 11.3 Å². The first-order valence-corrected chi connectivity index (χ1v) is 6.22. The van der Waals surface area contributed by atoms with Crippen molar-refractivity contribution in [2.45, 2.75) is 26.2 Å². The van der Waals surface area contributed by atoms with E-state index in [-0.39, 0.29) is 5.97 Å². The van der Waals surface area contributed by atoms with E-state index in [0.717, 1.165) is 23.7 Å². The highest BCUT2D eigenvalue weighted by atomic mass is 32.1. The van der Waals surface area contributed by atoms with Crippen molar-refractivity contribution < 1.29 is 14.3 Å². The summed E-state index contributed by atoms with van der Waals surface area (Å²) in [5.41, 5.74) is 0.960. The second kappa shape index (κ2) is 7.35. The molecule has 0 aromatic carbocycles. The molecule has 0 saturated heterocycles. The normalized spacial score (nSPS) is 10.4. The molecule has 4 nitrogen and oxygen atoms in total. The minimum absolute atomic E-state index is 0.191. The molecule has 0 aliphatic rings. The fourth-order valence-electron chi connectivity index (χ4n) is 1.21. The van der Waals surface area contributed by atoms with Gasteiger partial charge in [-0.3, -0.25) is 4.79 Å². The number of ether oxygens (including phenoxy) is 2. The number of rotatable bonds is 7. The minimum Gasteiger partial charge on any atom is -0.469 e. The summed E-state index contributed by atoms with van der Waals surface area (Å²) in [5.74, 6) is -0.191. The molecule has 0 unspecified atom stereocenters. The number of methoxy groups -OCH3 is 1. The summed E-state index contributed by atoms with van der Waals surface area (Å²) in [7, 11) is 1.40. The van der Waals surface area contributed by atoms with Gasteiger partial charge in [0.1, 0.15) is 0 Å². The number of carbonyl (C=O) groups is 1. The van der Waals surface area contributed by atoms with E-state index < -0.39 is 0 Å². The van der Waals surface area contributed by atoms with Crippen molar-refractivity contribution in [1.29, 1.82) is 0 Å². The largest absolute Gasteiger partial charge is 0.469 e. The highest BCUT2D eigenvalue weighted by Crippen LogP contribution is 2.12. The second-order valence-corrected chi connectivity index (χ2v) is 4.20. The Labute approximate surface area is 99.6 Å². The molecular weight excluding hydrogens is 226 g/mol. The van der Waals surface area contributed by atoms with Crippen LogP contribution in [0, 0.1) is 0 Å². The van der Waals surface area contributed by atoms with Gasteiger partial charge in [-0.05, 0) is 6.92 Å². The third-order valence-corrected chi connectivity index (χ3v) is 3.03. The van der Waals surface area contributed by atoms with Gasteiger partial charge in [0.2, 0.25) is 0 Å². The summed E-state index contributed by atoms with van der Waals surface area (Å²) in [4.78, 5) is 15.4. The van der Waals surface area contributed by atoms with Gasteiger partial charge in [-0.1, -0.05) is 0 Å². The molecule has 0 atom stereocenters. The number of hydrogen-bond donors (Lipinski definition) is 0. The van der Waals surface area contributed by atoms with Crippen molar-refractivity contribution in [3.8, 4) is 0 Å². The zero-order valence-corrected chi connectivity index (χ0v) is 10.5. The number of nitrogens with zero attached hydrogens (tertiary/aromatic N) is 1. The van der Waals surface area contributed by atoms with Crippen LogP contribution in [0.15, 0.2) is 5.38 Å². The SMILES string of the molecule is CCOCCc1nc(CCC(=O)OC)cs1. The molecule has 1 heterocycles. The third-order valence-electron chi connectivity index (χ3n) is 2.08. The first kappa shape index (κ1) is 13.1. The fraction of sp³-hybridized carbons (Fsp3) is 0.636. The lowest BCUT2D eigenvalue weighted by atomic mass is 10.2. The van der Waals surface area contributed by atoms with Gasteiger partial charge >= 0.3 is 5.97 Å². The lowest BCUT2D eigenvalue weighted by Crippen LogP contribution is -2.02. The standard InChI is InChI=1S/C11H17NO3S/c1-3-15-7-6-10-12-9(8-16-10)4-5-11(13)14-2/h8H,3-7H2,1-2H3. The van der Waals surface area contributed by atoms with Gasteiger partial charge in [-0.15, -0.1) is 11.3 Å². The molecule has 0 radical (unpaired) electrons. The van der Waals surface area contributed by atoms with Crippen molar-refractivity contribution in [3.63, 3.8) is 0 Å². The van der Waals surface area contributed by atoms with Crippen LogP contribution >= 0.6 is 11.3 Å². The zero-order chi connectivity index (χ0) is 11.8. The molecule has 0 saturated carbocycles. The van der Waals surface area contributed by atoms with E-state index in [1.165, 1.54) is 7.11 Å². The molecule has 16 heavy (non-hydrogen) atoms. The maximum absolute atomic E-state index is 10.9. The van der Waals surface area contributed by atoms with Crippen LogP contribution in [0.2, 0.25) is 0 Å². The summed E-state index contributed by atoms with van der Waals surface area (Å²) in [6.45, 7) is 3.42. The Morgan fingerprint density at radius 1 is 1.50 bits per heavy atom. The van der Waals surface area contributed by atoms with Crippen LogP contribution in [0.25, 0.3) is 0 Å². The van der Waals surface area contributed by atoms with Crippen molar-refractivity contribution in [2.24, 2.45) is 0 Å². The van der Waals surface area contributed by atoms with E-state index in [0.29, 0.717) is 19.4 Å². The van der Waals surface area contributed by atoms with Crippen LogP contribution < -0.4 is 0 Å². The van der Waals surface area contributed by atoms with Crippen LogP contribution in [-0.4, -0.2) is 31.3 Å². The van der Waals surface area contributed by atoms with Crippen molar-refractivity contribution >= 4 is 17.3 Å². The molecule has 0 aliphatic carbocycles. The Hall–Kier alpha value is -0.940. The van der Waals surface area contributed by atoms with Crippen molar-refractivity contribution in [2.75, 3.05) is 20.3 Å². The summed E-state index contributed by atoms with van der Waals surface area (Å²) in [6, 6.07) is 0.